The minimum Gasteiger partial charge on any atom is -0.347 e. The molecule has 124 valence electrons. The van der Waals surface area contributed by atoms with Gasteiger partial charge in [-0.15, -0.1) is 0 Å². The number of hydrogen-bond donors (Lipinski definition) is 0. The third kappa shape index (κ3) is 2.39. The maximum Gasteiger partial charge on any atom is 0.189 e. The van der Waals surface area contributed by atoms with Gasteiger partial charge in [0.05, 0.1) is 16.8 Å². The molecule has 1 aliphatic rings. The predicted molar refractivity (Wildman–Crippen MR) is 92.9 cm³/mol. The van der Waals surface area contributed by atoms with Crippen LogP contribution in [0, 0.1) is 32.1 Å². The number of carbonyl (C=O) groups excluding carboxylic acids is 1. The molecule has 3 rings (SSSR count). The van der Waals surface area contributed by atoms with Crippen molar-refractivity contribution < 1.29 is 4.79 Å². The highest BCUT2D eigenvalue weighted by Gasteiger charge is 2.26. The first-order valence-electron chi connectivity index (χ1n) is 8.38. The van der Waals surface area contributed by atoms with Crippen LogP contribution >= 0.6 is 0 Å². The molecule has 0 fully saturated rings. The van der Waals surface area contributed by atoms with Crippen LogP contribution in [0.25, 0.3) is 6.08 Å². The number of hydrogen-bond acceptors (Lipinski definition) is 3. The number of nitrogens with zero attached hydrogens (tertiary/aromatic N) is 4. The van der Waals surface area contributed by atoms with Gasteiger partial charge in [0.15, 0.2) is 5.78 Å². The quantitative estimate of drug-likeness (QED) is 0.640. The molecule has 0 bridgehead atoms. The molecule has 0 N–H and O–H groups in total. The second-order valence-electron chi connectivity index (χ2n) is 6.25. The van der Waals surface area contributed by atoms with Crippen LogP contribution in [0.5, 0.6) is 0 Å². The molecule has 0 saturated heterocycles. The second kappa shape index (κ2) is 6.12. The van der Waals surface area contributed by atoms with Gasteiger partial charge in [0.1, 0.15) is 6.07 Å². The number of allylic oxidation sites excluding steroid dienone is 1. The Kier molecular flexibility index (Phi) is 4.15. The van der Waals surface area contributed by atoms with Gasteiger partial charge in [0.2, 0.25) is 0 Å². The highest BCUT2D eigenvalue weighted by molar-refractivity contribution is 6.09. The van der Waals surface area contributed by atoms with Crippen molar-refractivity contribution in [3.05, 3.63) is 45.5 Å². The van der Waals surface area contributed by atoms with Crippen LogP contribution in [-0.2, 0) is 19.5 Å². The van der Waals surface area contributed by atoms with Gasteiger partial charge >= 0.3 is 0 Å². The predicted octanol–water partition coefficient (Wildman–Crippen LogP) is 3.34. The molecule has 0 saturated carbocycles. The molecule has 0 unspecified atom stereocenters. The second-order valence-corrected chi connectivity index (χ2v) is 6.25. The number of aryl methyl sites for hydroxylation is 2. The lowest BCUT2D eigenvalue weighted by Gasteiger charge is -2.01. The summed E-state index contributed by atoms with van der Waals surface area (Å²) < 4.78 is 4.05. The Hall–Kier alpha value is -2.61. The summed E-state index contributed by atoms with van der Waals surface area (Å²) in [5, 5.41) is 14.0. The van der Waals surface area contributed by atoms with Gasteiger partial charge in [-0.2, -0.15) is 10.4 Å². The Morgan fingerprint density at radius 1 is 1.33 bits per heavy atom. The van der Waals surface area contributed by atoms with Crippen LogP contribution in [0.3, 0.4) is 0 Å². The molecule has 5 heteroatoms. The molecule has 0 spiro atoms. The van der Waals surface area contributed by atoms with Gasteiger partial charge in [0, 0.05) is 35.7 Å². The van der Waals surface area contributed by atoms with Gasteiger partial charge in [-0.3, -0.25) is 9.48 Å². The first-order chi connectivity index (χ1) is 11.5. The van der Waals surface area contributed by atoms with Crippen molar-refractivity contribution in [2.24, 2.45) is 0 Å². The van der Waals surface area contributed by atoms with Gasteiger partial charge < -0.3 is 4.57 Å². The van der Waals surface area contributed by atoms with E-state index in [-0.39, 0.29) is 5.78 Å². The summed E-state index contributed by atoms with van der Waals surface area (Å²) >= 11 is 0. The smallest absolute Gasteiger partial charge is 0.189 e. The lowest BCUT2D eigenvalue weighted by atomic mass is 10.0. The molecule has 5 nitrogen and oxygen atoms in total. The van der Waals surface area contributed by atoms with Crippen LogP contribution < -0.4 is 0 Å². The van der Waals surface area contributed by atoms with Crippen LogP contribution in [0.4, 0.5) is 0 Å². The summed E-state index contributed by atoms with van der Waals surface area (Å²) in [6.07, 6.45) is 5.33. The van der Waals surface area contributed by atoms with E-state index in [0.29, 0.717) is 11.1 Å². The first-order valence-corrected chi connectivity index (χ1v) is 8.38. The topological polar surface area (TPSA) is 63.6 Å². The van der Waals surface area contributed by atoms with E-state index in [4.69, 9.17) is 0 Å². The fourth-order valence-corrected chi connectivity index (χ4v) is 3.69. The van der Waals surface area contributed by atoms with Crippen molar-refractivity contribution in [2.75, 3.05) is 0 Å². The van der Waals surface area contributed by atoms with E-state index < -0.39 is 0 Å². The first kappa shape index (κ1) is 16.3. The standard InChI is InChI=1S/C19H22N4O/c1-5-23-13(3)15(12(2)21-23)8-9-18(24)19-14(4)22-10-6-7-17(22)16(19)11-20/h8-9H,5-7,10H2,1-4H3/b9-8-. The number of nitriles is 1. The third-order valence-corrected chi connectivity index (χ3v) is 4.92. The molecular weight excluding hydrogens is 300 g/mol. The molecule has 2 aromatic heterocycles. The van der Waals surface area contributed by atoms with Crippen molar-refractivity contribution in [2.45, 2.75) is 53.6 Å². The van der Waals surface area contributed by atoms with E-state index >= 15 is 0 Å². The number of fused-ring (bicyclic) bond motifs is 1. The summed E-state index contributed by atoms with van der Waals surface area (Å²) in [5.74, 6) is -0.103. The summed E-state index contributed by atoms with van der Waals surface area (Å²) in [6, 6.07) is 2.24. The Balaban J connectivity index is 1.98. The maximum absolute atomic E-state index is 12.7. The van der Waals surface area contributed by atoms with Crippen LogP contribution in [-0.4, -0.2) is 20.1 Å². The molecule has 0 aromatic carbocycles. The van der Waals surface area contributed by atoms with Crippen molar-refractivity contribution in [1.82, 2.24) is 14.3 Å². The van der Waals surface area contributed by atoms with Gasteiger partial charge in [0.25, 0.3) is 0 Å². The van der Waals surface area contributed by atoms with E-state index in [1.807, 2.05) is 38.5 Å². The Labute approximate surface area is 142 Å². The summed E-state index contributed by atoms with van der Waals surface area (Å²) in [7, 11) is 0. The third-order valence-electron chi connectivity index (χ3n) is 4.92. The van der Waals surface area contributed by atoms with E-state index in [9.17, 15) is 10.1 Å². The van der Waals surface area contributed by atoms with Crippen LogP contribution in [0.1, 0.15) is 57.6 Å². The highest BCUT2D eigenvalue weighted by Crippen LogP contribution is 2.29. The summed E-state index contributed by atoms with van der Waals surface area (Å²) in [4.78, 5) is 12.7. The lowest BCUT2D eigenvalue weighted by Crippen LogP contribution is -2.01. The monoisotopic (exact) mass is 322 g/mol. The van der Waals surface area contributed by atoms with Gasteiger partial charge in [-0.25, -0.2) is 0 Å². The number of ketones is 1. The molecule has 0 aliphatic carbocycles. The average molecular weight is 322 g/mol. The number of rotatable bonds is 4. The van der Waals surface area contributed by atoms with Crippen molar-refractivity contribution in [3.8, 4) is 6.07 Å². The molecule has 0 atom stereocenters. The molecule has 3 heterocycles. The van der Waals surface area contributed by atoms with E-state index in [1.54, 1.807) is 6.08 Å². The van der Waals surface area contributed by atoms with Crippen LogP contribution in [0.2, 0.25) is 0 Å². The van der Waals surface area contributed by atoms with Crippen LogP contribution in [0.15, 0.2) is 6.08 Å². The molecule has 24 heavy (non-hydrogen) atoms. The van der Waals surface area contributed by atoms with Gasteiger partial charge in [-0.1, -0.05) is 0 Å². The van der Waals surface area contributed by atoms with E-state index in [2.05, 4.69) is 15.7 Å². The number of aromatic nitrogens is 3. The normalized spacial score (nSPS) is 13.5. The average Bonchev–Trinajstić information content (AvgIpc) is 3.21. The zero-order valence-electron chi connectivity index (χ0n) is 14.7. The highest BCUT2D eigenvalue weighted by atomic mass is 16.1. The Bertz CT molecular complexity index is 890. The SMILES string of the molecule is CCn1nc(C)c(/C=C\C(=O)c2c(C#N)c3n(c2C)CCC3)c1C. The molecular formula is C19H22N4O. The fraction of sp³-hybridized carbons (Fsp3) is 0.421. The van der Waals surface area contributed by atoms with Crippen molar-refractivity contribution >= 4 is 11.9 Å². The summed E-state index contributed by atoms with van der Waals surface area (Å²) in [6.45, 7) is 9.63. The van der Waals surface area contributed by atoms with Gasteiger partial charge in [-0.05, 0) is 52.7 Å². The largest absolute Gasteiger partial charge is 0.347 e. The molecule has 0 radical (unpaired) electrons. The summed E-state index contributed by atoms with van der Waals surface area (Å²) in [5.41, 5.74) is 5.97. The zero-order valence-corrected chi connectivity index (χ0v) is 14.7. The Morgan fingerprint density at radius 2 is 2.08 bits per heavy atom. The van der Waals surface area contributed by atoms with Crippen molar-refractivity contribution in [1.29, 1.82) is 5.26 Å². The number of carbonyl (C=O) groups is 1. The molecule has 2 aromatic rings. The maximum atomic E-state index is 12.7. The molecule has 0 amide bonds. The minimum atomic E-state index is -0.103. The Morgan fingerprint density at radius 3 is 2.71 bits per heavy atom. The minimum absolute atomic E-state index is 0.103. The van der Waals surface area contributed by atoms with E-state index in [1.165, 1.54) is 0 Å². The van der Waals surface area contributed by atoms with Crippen molar-refractivity contribution in [3.63, 3.8) is 0 Å². The zero-order chi connectivity index (χ0) is 17.4. The molecule has 1 aliphatic heterocycles. The van der Waals surface area contributed by atoms with E-state index in [0.717, 1.165) is 54.3 Å². The fourth-order valence-electron chi connectivity index (χ4n) is 3.69. The lowest BCUT2D eigenvalue weighted by molar-refractivity contribution is 0.104.